The van der Waals surface area contributed by atoms with Gasteiger partial charge in [0.15, 0.2) is 0 Å². The Morgan fingerprint density at radius 2 is 1.69 bits per heavy atom. The highest BCUT2D eigenvalue weighted by atomic mass is 14.0. The fraction of sp³-hybridized carbons (Fsp3) is 0.385. The lowest BCUT2D eigenvalue weighted by Gasteiger charge is -2.00. The van der Waals surface area contributed by atoms with Crippen LogP contribution in [0.3, 0.4) is 0 Å². The van der Waals surface area contributed by atoms with Gasteiger partial charge < -0.3 is 0 Å². The minimum absolute atomic E-state index is 1.21. The molecular weight excluding hydrogens is 156 g/mol. The van der Waals surface area contributed by atoms with Gasteiger partial charge in [0.25, 0.3) is 0 Å². The lowest BCUT2D eigenvalue weighted by molar-refractivity contribution is 0.719. The van der Waals surface area contributed by atoms with Crippen molar-refractivity contribution in [1.82, 2.24) is 0 Å². The van der Waals surface area contributed by atoms with E-state index in [9.17, 15) is 0 Å². The van der Waals surface area contributed by atoms with Crippen LogP contribution in [0, 0.1) is 0 Å². The molecule has 0 saturated carbocycles. The zero-order valence-corrected chi connectivity index (χ0v) is 8.37. The first-order valence-electron chi connectivity index (χ1n) is 5.14. The first-order chi connectivity index (χ1) is 6.43. The fourth-order valence-corrected chi connectivity index (χ4v) is 1.35. The summed E-state index contributed by atoms with van der Waals surface area (Å²) in [6, 6.07) is 0. The van der Waals surface area contributed by atoms with Gasteiger partial charge in [-0.05, 0) is 18.4 Å². The molecule has 0 aliphatic heterocycles. The topological polar surface area (TPSA) is 0 Å². The van der Waals surface area contributed by atoms with Gasteiger partial charge in [0, 0.05) is 0 Å². The van der Waals surface area contributed by atoms with Crippen molar-refractivity contribution in [1.29, 1.82) is 0 Å². The Balaban J connectivity index is 2.39. The maximum Gasteiger partial charge on any atom is -0.0279 e. The summed E-state index contributed by atoms with van der Waals surface area (Å²) < 4.78 is 0. The van der Waals surface area contributed by atoms with E-state index in [1.165, 1.54) is 31.3 Å². The highest BCUT2D eigenvalue weighted by Gasteiger charge is 1.91. The maximum atomic E-state index is 2.24. The molecule has 0 spiro atoms. The Bertz CT molecular complexity index is 239. The predicted molar refractivity (Wildman–Crippen MR) is 59.6 cm³/mol. The van der Waals surface area contributed by atoms with Gasteiger partial charge in [-0.1, -0.05) is 62.3 Å². The molecule has 0 amide bonds. The quantitative estimate of drug-likeness (QED) is 0.561. The van der Waals surface area contributed by atoms with Crippen LogP contribution in [-0.4, -0.2) is 0 Å². The number of rotatable bonds is 4. The van der Waals surface area contributed by atoms with Crippen LogP contribution < -0.4 is 0 Å². The van der Waals surface area contributed by atoms with E-state index in [0.717, 1.165) is 0 Å². The number of hydrogen-bond donors (Lipinski definition) is 0. The van der Waals surface area contributed by atoms with Crippen molar-refractivity contribution >= 4 is 0 Å². The molecule has 0 aromatic rings. The molecule has 0 heteroatoms. The van der Waals surface area contributed by atoms with Gasteiger partial charge in [-0.25, -0.2) is 0 Å². The highest BCUT2D eigenvalue weighted by molar-refractivity contribution is 5.30. The standard InChI is InChI=1S/C13H18/c1-2-3-7-10-13-11-8-5-4-6-9-12-13/h4-6,8-9,11-12H,2-3,7,10H2,1H3. The average Bonchev–Trinajstić information content (AvgIpc) is 2.08. The summed E-state index contributed by atoms with van der Waals surface area (Å²) in [6.07, 6.45) is 20.0. The molecule has 0 aromatic carbocycles. The minimum Gasteiger partial charge on any atom is -0.0654 e. The molecular formula is C13H18. The summed E-state index contributed by atoms with van der Waals surface area (Å²) in [6.45, 7) is 2.24. The monoisotopic (exact) mass is 174 g/mol. The molecule has 0 fully saturated rings. The summed E-state index contributed by atoms with van der Waals surface area (Å²) in [5, 5.41) is 0. The molecule has 0 unspecified atom stereocenters. The Morgan fingerprint density at radius 1 is 0.923 bits per heavy atom. The average molecular weight is 174 g/mol. The third-order valence-corrected chi connectivity index (χ3v) is 2.13. The van der Waals surface area contributed by atoms with Crippen LogP contribution in [0.15, 0.2) is 48.1 Å². The third kappa shape index (κ3) is 4.51. The van der Waals surface area contributed by atoms with E-state index in [1.807, 2.05) is 0 Å². The molecule has 1 rings (SSSR count). The molecule has 0 radical (unpaired) electrons. The molecule has 0 atom stereocenters. The van der Waals surface area contributed by atoms with E-state index >= 15 is 0 Å². The van der Waals surface area contributed by atoms with Crippen molar-refractivity contribution < 1.29 is 0 Å². The van der Waals surface area contributed by atoms with Gasteiger partial charge in [0.05, 0.1) is 0 Å². The summed E-state index contributed by atoms with van der Waals surface area (Å²) in [7, 11) is 0. The number of hydrogen-bond acceptors (Lipinski definition) is 0. The van der Waals surface area contributed by atoms with Crippen molar-refractivity contribution in [2.45, 2.75) is 32.6 Å². The molecule has 0 bridgehead atoms. The van der Waals surface area contributed by atoms with Gasteiger partial charge >= 0.3 is 0 Å². The Morgan fingerprint density at radius 3 is 2.54 bits per heavy atom. The second-order valence-electron chi connectivity index (χ2n) is 3.33. The first kappa shape index (κ1) is 10.0. The first-order valence-corrected chi connectivity index (χ1v) is 5.14. The van der Waals surface area contributed by atoms with E-state index in [1.54, 1.807) is 0 Å². The normalized spacial score (nSPS) is 15.3. The minimum atomic E-state index is 1.21. The van der Waals surface area contributed by atoms with Crippen LogP contribution in [0.1, 0.15) is 32.6 Å². The smallest absolute Gasteiger partial charge is 0.0279 e. The van der Waals surface area contributed by atoms with Crippen LogP contribution in [0.4, 0.5) is 0 Å². The molecule has 1 aliphatic carbocycles. The summed E-state index contributed by atoms with van der Waals surface area (Å²) in [4.78, 5) is 0. The van der Waals surface area contributed by atoms with Crippen LogP contribution >= 0.6 is 0 Å². The van der Waals surface area contributed by atoms with Crippen molar-refractivity contribution in [2.24, 2.45) is 0 Å². The van der Waals surface area contributed by atoms with Gasteiger partial charge in [-0.15, -0.1) is 0 Å². The zero-order chi connectivity index (χ0) is 9.36. The largest absolute Gasteiger partial charge is 0.0654 e. The van der Waals surface area contributed by atoms with Gasteiger partial charge in [0.2, 0.25) is 0 Å². The molecule has 0 heterocycles. The number of allylic oxidation sites excluding steroid dienone is 8. The van der Waals surface area contributed by atoms with E-state index in [4.69, 9.17) is 0 Å². The third-order valence-electron chi connectivity index (χ3n) is 2.13. The van der Waals surface area contributed by atoms with E-state index in [-0.39, 0.29) is 0 Å². The Hall–Kier alpha value is -1.04. The fourth-order valence-electron chi connectivity index (χ4n) is 1.35. The predicted octanol–water partition coefficient (Wildman–Crippen LogP) is 4.18. The SMILES string of the molecule is CCCCCC1=CC=CC=CC=C1. The van der Waals surface area contributed by atoms with Crippen LogP contribution in [0.25, 0.3) is 0 Å². The second-order valence-corrected chi connectivity index (χ2v) is 3.33. The number of unbranched alkanes of at least 4 members (excludes halogenated alkanes) is 2. The van der Waals surface area contributed by atoms with Crippen molar-refractivity contribution in [3.05, 3.63) is 48.1 Å². The molecule has 70 valence electrons. The van der Waals surface area contributed by atoms with Gasteiger partial charge in [0.1, 0.15) is 0 Å². The highest BCUT2D eigenvalue weighted by Crippen LogP contribution is 2.11. The van der Waals surface area contributed by atoms with Crippen LogP contribution in [0.2, 0.25) is 0 Å². The van der Waals surface area contributed by atoms with Crippen molar-refractivity contribution in [3.63, 3.8) is 0 Å². The molecule has 0 saturated heterocycles. The lowest BCUT2D eigenvalue weighted by atomic mass is 10.1. The zero-order valence-electron chi connectivity index (χ0n) is 8.37. The van der Waals surface area contributed by atoms with Crippen molar-refractivity contribution in [2.75, 3.05) is 0 Å². The Kier molecular flexibility index (Phi) is 5.00. The molecule has 13 heavy (non-hydrogen) atoms. The maximum absolute atomic E-state index is 2.24. The summed E-state index contributed by atoms with van der Waals surface area (Å²) >= 11 is 0. The van der Waals surface area contributed by atoms with E-state index < -0.39 is 0 Å². The summed E-state index contributed by atoms with van der Waals surface area (Å²) in [5.41, 5.74) is 1.44. The Labute approximate surface area is 81.4 Å². The molecule has 0 aromatic heterocycles. The van der Waals surface area contributed by atoms with E-state index in [0.29, 0.717) is 0 Å². The van der Waals surface area contributed by atoms with E-state index in [2.05, 4.69) is 49.5 Å². The van der Waals surface area contributed by atoms with Crippen LogP contribution in [0.5, 0.6) is 0 Å². The van der Waals surface area contributed by atoms with Gasteiger partial charge in [-0.2, -0.15) is 0 Å². The lowest BCUT2D eigenvalue weighted by Crippen LogP contribution is -1.80. The van der Waals surface area contributed by atoms with Crippen LogP contribution in [-0.2, 0) is 0 Å². The molecule has 0 N–H and O–H groups in total. The molecule has 0 nitrogen and oxygen atoms in total. The second kappa shape index (κ2) is 6.47. The molecule has 1 aliphatic rings. The van der Waals surface area contributed by atoms with Gasteiger partial charge in [-0.3, -0.25) is 0 Å². The summed E-state index contributed by atoms with van der Waals surface area (Å²) in [5.74, 6) is 0. The van der Waals surface area contributed by atoms with Crippen molar-refractivity contribution in [3.8, 4) is 0 Å².